The van der Waals surface area contributed by atoms with Crippen molar-refractivity contribution < 1.29 is 44.7 Å². The van der Waals surface area contributed by atoms with E-state index < -0.39 is 56.7 Å². The lowest BCUT2D eigenvalue weighted by Crippen LogP contribution is -2.41. The van der Waals surface area contributed by atoms with Gasteiger partial charge in [0, 0.05) is 18.6 Å². The molecule has 0 saturated carbocycles. The number of carbonyl (C=O) groups excluding carboxylic acids is 1. The fourth-order valence-corrected chi connectivity index (χ4v) is 4.31. The molecule has 18 heteroatoms. The van der Waals surface area contributed by atoms with Crippen molar-refractivity contribution in [3.63, 3.8) is 0 Å². The molecule has 4 heterocycles. The molecule has 40 heavy (non-hydrogen) atoms. The molecule has 1 N–H and O–H groups in total. The fraction of sp³-hybridized carbons (Fsp3) is 0.409. The second kappa shape index (κ2) is 9.92. The highest BCUT2D eigenvalue weighted by atomic mass is 32.2. The molecule has 0 fully saturated rings. The zero-order chi connectivity index (χ0) is 29.7. The Kier molecular flexibility index (Phi) is 7.21. The van der Waals surface area contributed by atoms with Gasteiger partial charge in [0.1, 0.15) is 16.8 Å². The third-order valence-corrected chi connectivity index (χ3v) is 6.93. The van der Waals surface area contributed by atoms with Crippen LogP contribution < -0.4 is 10.2 Å². The molecule has 0 atom stereocenters. The summed E-state index contributed by atoms with van der Waals surface area (Å²) in [5.74, 6) is -7.08. The number of ether oxygens (including phenoxy) is 1. The largest absolute Gasteiger partial charge is 0.469 e. The average Bonchev–Trinajstić information content (AvgIpc) is 3.47. The lowest BCUT2D eigenvalue weighted by Gasteiger charge is -2.19. The van der Waals surface area contributed by atoms with Gasteiger partial charge in [-0.15, -0.1) is 0 Å². The monoisotopic (exact) mass is 591 g/mol. The Morgan fingerprint density at radius 1 is 1.07 bits per heavy atom. The Morgan fingerprint density at radius 2 is 1.77 bits per heavy atom. The van der Waals surface area contributed by atoms with Gasteiger partial charge >= 0.3 is 12.1 Å². The summed E-state index contributed by atoms with van der Waals surface area (Å²) in [6.07, 6.45) is -1.29. The van der Waals surface area contributed by atoms with Crippen LogP contribution in [0.15, 0.2) is 35.9 Å². The molecule has 4 aromatic heterocycles. The first-order valence-corrected chi connectivity index (χ1v) is 13.1. The van der Waals surface area contributed by atoms with Gasteiger partial charge in [-0.1, -0.05) is 6.92 Å². The van der Waals surface area contributed by atoms with Crippen molar-refractivity contribution >= 4 is 26.9 Å². The van der Waals surface area contributed by atoms with Crippen LogP contribution in [0, 0.1) is 0 Å². The molecular weight excluding hydrogens is 569 g/mol. The predicted octanol–water partition coefficient (Wildman–Crippen LogP) is 3.27. The number of alkyl halides is 5. The van der Waals surface area contributed by atoms with E-state index in [1.165, 1.54) is 25.4 Å². The SMILES string of the molecule is CCS(=O)(=O)c1nn2c(C(=O)NOC(C)(C)C)ccnc2c1-c1ncc2c(OCC(F)(F)C(F)(F)F)nccn12. The summed E-state index contributed by atoms with van der Waals surface area (Å²) in [4.78, 5) is 30.2. The Labute approximate surface area is 223 Å². The Hall–Kier alpha value is -3.93. The Morgan fingerprint density at radius 3 is 2.40 bits per heavy atom. The number of hydrogen-bond donors (Lipinski definition) is 1. The minimum Gasteiger partial charge on any atom is -0.469 e. The smallest absolute Gasteiger partial charge is 0.456 e. The molecule has 12 nitrogen and oxygen atoms in total. The molecule has 0 aliphatic heterocycles. The number of rotatable bonds is 8. The van der Waals surface area contributed by atoms with Crippen molar-refractivity contribution in [2.45, 2.75) is 50.4 Å². The summed E-state index contributed by atoms with van der Waals surface area (Å²) in [5.41, 5.74) is 0.932. The average molecular weight is 592 g/mol. The molecule has 4 aromatic rings. The minimum atomic E-state index is -5.85. The molecule has 0 aliphatic carbocycles. The number of hydroxylamine groups is 1. The van der Waals surface area contributed by atoms with Gasteiger partial charge in [-0.25, -0.2) is 33.4 Å². The molecule has 0 unspecified atom stereocenters. The van der Waals surface area contributed by atoms with Crippen LogP contribution in [-0.4, -0.2) is 73.4 Å². The number of nitrogens with one attached hydrogen (secondary N) is 1. The third-order valence-electron chi connectivity index (χ3n) is 5.30. The van der Waals surface area contributed by atoms with Gasteiger partial charge in [-0.05, 0) is 26.8 Å². The molecule has 0 radical (unpaired) electrons. The predicted molar refractivity (Wildman–Crippen MR) is 127 cm³/mol. The number of sulfone groups is 1. The number of fused-ring (bicyclic) bond motifs is 2. The van der Waals surface area contributed by atoms with E-state index in [4.69, 9.17) is 4.84 Å². The maximum atomic E-state index is 13.4. The Bertz CT molecular complexity index is 1690. The molecule has 0 spiro atoms. The quantitative estimate of drug-likeness (QED) is 0.241. The summed E-state index contributed by atoms with van der Waals surface area (Å²) in [7, 11) is -4.08. The van der Waals surface area contributed by atoms with Crippen LogP contribution in [0.5, 0.6) is 5.88 Å². The lowest BCUT2D eigenvalue weighted by atomic mass is 10.2. The first-order chi connectivity index (χ1) is 18.5. The number of carbonyl (C=O) groups is 1. The van der Waals surface area contributed by atoms with Crippen LogP contribution in [0.25, 0.3) is 22.6 Å². The van der Waals surface area contributed by atoms with Gasteiger partial charge in [0.15, 0.2) is 32.9 Å². The van der Waals surface area contributed by atoms with Gasteiger partial charge in [0.05, 0.1) is 17.6 Å². The second-order valence-corrected chi connectivity index (χ2v) is 11.5. The molecular formula is C22H22F5N7O5S. The fourth-order valence-electron chi connectivity index (χ4n) is 3.34. The van der Waals surface area contributed by atoms with Crippen LogP contribution >= 0.6 is 0 Å². The zero-order valence-corrected chi connectivity index (χ0v) is 22.1. The van der Waals surface area contributed by atoms with E-state index in [0.717, 1.165) is 21.3 Å². The summed E-state index contributed by atoms with van der Waals surface area (Å²) < 4.78 is 97.6. The van der Waals surface area contributed by atoms with Crippen molar-refractivity contribution in [3.8, 4) is 17.3 Å². The van der Waals surface area contributed by atoms with Crippen LogP contribution in [-0.2, 0) is 14.7 Å². The highest BCUT2D eigenvalue weighted by Gasteiger charge is 2.58. The first-order valence-electron chi connectivity index (χ1n) is 11.5. The third kappa shape index (κ3) is 5.40. The molecule has 216 valence electrons. The maximum absolute atomic E-state index is 13.4. The van der Waals surface area contributed by atoms with Gasteiger partial charge in [-0.2, -0.15) is 27.1 Å². The summed E-state index contributed by atoms with van der Waals surface area (Å²) >= 11 is 0. The molecule has 0 bridgehead atoms. The van der Waals surface area contributed by atoms with E-state index in [9.17, 15) is 35.2 Å². The van der Waals surface area contributed by atoms with Crippen LogP contribution in [0.3, 0.4) is 0 Å². The number of aromatic nitrogens is 6. The normalized spacial score (nSPS) is 13.2. The highest BCUT2D eigenvalue weighted by Crippen LogP contribution is 2.37. The van der Waals surface area contributed by atoms with E-state index >= 15 is 0 Å². The Balaban J connectivity index is 1.87. The van der Waals surface area contributed by atoms with Gasteiger partial charge in [0.25, 0.3) is 5.91 Å². The number of hydrogen-bond acceptors (Lipinski definition) is 9. The second-order valence-electron chi connectivity index (χ2n) is 9.36. The van der Waals surface area contributed by atoms with Crippen LogP contribution in [0.4, 0.5) is 22.0 Å². The van der Waals surface area contributed by atoms with Crippen molar-refractivity contribution in [2.75, 3.05) is 12.4 Å². The van der Waals surface area contributed by atoms with Gasteiger partial charge < -0.3 is 4.74 Å². The van der Waals surface area contributed by atoms with Gasteiger partial charge in [0.2, 0.25) is 5.88 Å². The summed E-state index contributed by atoms with van der Waals surface area (Å²) in [6, 6.07) is 1.27. The van der Waals surface area contributed by atoms with E-state index in [1.54, 1.807) is 20.8 Å². The van der Waals surface area contributed by atoms with Crippen molar-refractivity contribution in [2.24, 2.45) is 0 Å². The van der Waals surface area contributed by atoms with Crippen LogP contribution in [0.1, 0.15) is 38.2 Å². The summed E-state index contributed by atoms with van der Waals surface area (Å²) in [6.45, 7) is 4.38. The number of amides is 1. The minimum absolute atomic E-state index is 0.120. The van der Waals surface area contributed by atoms with E-state index in [2.05, 4.69) is 30.3 Å². The first kappa shape index (κ1) is 29.1. The number of halogens is 5. The van der Waals surface area contributed by atoms with Crippen molar-refractivity contribution in [1.29, 1.82) is 0 Å². The van der Waals surface area contributed by atoms with E-state index in [1.807, 2.05) is 0 Å². The van der Waals surface area contributed by atoms with Crippen LogP contribution in [0.2, 0.25) is 0 Å². The van der Waals surface area contributed by atoms with E-state index in [0.29, 0.717) is 0 Å². The van der Waals surface area contributed by atoms with E-state index in [-0.39, 0.29) is 28.2 Å². The number of imidazole rings is 1. The molecule has 0 aromatic carbocycles. The molecule has 1 amide bonds. The van der Waals surface area contributed by atoms with Crippen molar-refractivity contribution in [1.82, 2.24) is 34.4 Å². The lowest BCUT2D eigenvalue weighted by molar-refractivity contribution is -0.290. The standard InChI is InChI=1S/C22H22F5N7O5S/c1-5-40(36,37)19-14(16-28-7-6-12(34(16)31-19)17(35)32-39-20(2,3)4)15-30-10-13-18(29-8-9-33(13)15)38-11-21(23,24)22(25,26)27/h6-10H,5,11H2,1-4H3,(H,32,35). The zero-order valence-electron chi connectivity index (χ0n) is 21.3. The van der Waals surface area contributed by atoms with Gasteiger partial charge in [-0.3, -0.25) is 14.0 Å². The molecule has 4 rings (SSSR count). The highest BCUT2D eigenvalue weighted by molar-refractivity contribution is 7.91. The maximum Gasteiger partial charge on any atom is 0.456 e. The topological polar surface area (TPSA) is 142 Å². The summed E-state index contributed by atoms with van der Waals surface area (Å²) in [5, 5.41) is 3.62. The van der Waals surface area contributed by atoms with Crippen molar-refractivity contribution in [3.05, 3.63) is 36.5 Å². The molecule has 0 saturated heterocycles. The number of nitrogens with zero attached hydrogens (tertiary/aromatic N) is 6. The molecule has 0 aliphatic rings.